The Morgan fingerprint density at radius 1 is 1.21 bits per heavy atom. The zero-order valence-corrected chi connectivity index (χ0v) is 14.3. The monoisotopic (exact) mass is 337 g/mol. The molecule has 102 valence electrons. The van der Waals surface area contributed by atoms with Gasteiger partial charge in [0, 0.05) is 14.2 Å². The number of halogens is 1. The third kappa shape index (κ3) is 3.28. The van der Waals surface area contributed by atoms with Gasteiger partial charge < -0.3 is 5.32 Å². The molecule has 1 aromatic carbocycles. The molecule has 0 bridgehead atoms. The Morgan fingerprint density at radius 3 is 2.47 bits per heavy atom. The van der Waals surface area contributed by atoms with Gasteiger partial charge in [-0.2, -0.15) is 0 Å². The summed E-state index contributed by atoms with van der Waals surface area (Å²) in [5, 5.41) is 3.61. The van der Waals surface area contributed by atoms with Crippen molar-refractivity contribution in [2.45, 2.75) is 33.7 Å². The molecule has 0 fully saturated rings. The van der Waals surface area contributed by atoms with Crippen LogP contribution in [0.25, 0.3) is 0 Å². The lowest BCUT2D eigenvalue weighted by Crippen LogP contribution is -2.22. The topological polar surface area (TPSA) is 12.0 Å². The van der Waals surface area contributed by atoms with Crippen LogP contribution in [0.4, 0.5) is 0 Å². The minimum atomic E-state index is 0.293. The summed E-state index contributed by atoms with van der Waals surface area (Å²) in [5.74, 6) is 0. The molecular formula is C16H20BrNS. The molecule has 2 aromatic rings. The Balaban J connectivity index is 2.44. The van der Waals surface area contributed by atoms with Crippen LogP contribution >= 0.6 is 27.3 Å². The van der Waals surface area contributed by atoms with Crippen LogP contribution < -0.4 is 5.32 Å². The lowest BCUT2D eigenvalue weighted by molar-refractivity contribution is 0.629. The van der Waals surface area contributed by atoms with E-state index in [0.29, 0.717) is 6.04 Å². The van der Waals surface area contributed by atoms with Crippen molar-refractivity contribution in [1.29, 1.82) is 0 Å². The lowest BCUT2D eigenvalue weighted by Gasteiger charge is -2.19. The van der Waals surface area contributed by atoms with Crippen molar-refractivity contribution in [2.24, 2.45) is 0 Å². The molecule has 1 aromatic heterocycles. The number of hydrogen-bond acceptors (Lipinski definition) is 2. The van der Waals surface area contributed by atoms with Gasteiger partial charge in [-0.15, -0.1) is 11.3 Å². The summed E-state index contributed by atoms with van der Waals surface area (Å²) in [6.45, 7) is 9.66. The van der Waals surface area contributed by atoms with Crippen LogP contribution in [0.1, 0.15) is 39.4 Å². The quantitative estimate of drug-likeness (QED) is 0.814. The number of nitrogens with one attached hydrogen (secondary N) is 1. The van der Waals surface area contributed by atoms with Crippen molar-refractivity contribution < 1.29 is 0 Å². The number of thiophene rings is 1. The fourth-order valence-electron chi connectivity index (χ4n) is 2.40. The van der Waals surface area contributed by atoms with Gasteiger partial charge in [0.15, 0.2) is 0 Å². The van der Waals surface area contributed by atoms with E-state index in [-0.39, 0.29) is 0 Å². The molecular weight excluding hydrogens is 318 g/mol. The first kappa shape index (κ1) is 14.8. The van der Waals surface area contributed by atoms with Gasteiger partial charge >= 0.3 is 0 Å². The highest BCUT2D eigenvalue weighted by molar-refractivity contribution is 9.10. The molecule has 0 saturated heterocycles. The van der Waals surface area contributed by atoms with Crippen molar-refractivity contribution >= 4 is 27.3 Å². The summed E-state index contributed by atoms with van der Waals surface area (Å²) >= 11 is 5.45. The highest BCUT2D eigenvalue weighted by Crippen LogP contribution is 2.32. The third-order valence-electron chi connectivity index (χ3n) is 3.31. The average Bonchev–Trinajstić information content (AvgIpc) is 2.69. The van der Waals surface area contributed by atoms with Crippen molar-refractivity contribution in [3.05, 3.63) is 55.2 Å². The van der Waals surface area contributed by atoms with Crippen LogP contribution in [0.3, 0.4) is 0 Å². The van der Waals surface area contributed by atoms with Gasteiger partial charge in [0.1, 0.15) is 0 Å². The zero-order valence-electron chi connectivity index (χ0n) is 11.9. The molecule has 1 N–H and O–H groups in total. The number of rotatable bonds is 4. The summed E-state index contributed by atoms with van der Waals surface area (Å²) in [6, 6.07) is 9.22. The maximum atomic E-state index is 3.61. The Bertz CT molecular complexity index is 574. The Morgan fingerprint density at radius 2 is 1.95 bits per heavy atom. The van der Waals surface area contributed by atoms with Gasteiger partial charge in [0.25, 0.3) is 0 Å². The fourth-order valence-corrected chi connectivity index (χ4v) is 3.61. The summed E-state index contributed by atoms with van der Waals surface area (Å²) in [6.07, 6.45) is 0. The molecule has 0 spiro atoms. The van der Waals surface area contributed by atoms with E-state index in [0.717, 1.165) is 6.54 Å². The number of benzene rings is 1. The average molecular weight is 338 g/mol. The first-order valence-electron chi connectivity index (χ1n) is 6.59. The SMILES string of the molecule is CCNC(c1ccc(Br)c(C)c1)c1cc(C)sc1C. The van der Waals surface area contributed by atoms with E-state index in [4.69, 9.17) is 0 Å². The maximum absolute atomic E-state index is 3.61. The molecule has 0 saturated carbocycles. The first-order chi connectivity index (χ1) is 9.02. The van der Waals surface area contributed by atoms with E-state index < -0.39 is 0 Å². The molecule has 0 aliphatic carbocycles. The predicted octanol–water partition coefficient (Wildman–Crippen LogP) is 5.13. The Hall–Kier alpha value is -0.640. The van der Waals surface area contributed by atoms with Crippen molar-refractivity contribution in [1.82, 2.24) is 5.32 Å². The highest BCUT2D eigenvalue weighted by Gasteiger charge is 2.17. The summed E-state index contributed by atoms with van der Waals surface area (Å²) in [4.78, 5) is 2.79. The van der Waals surface area contributed by atoms with E-state index in [1.807, 2.05) is 11.3 Å². The smallest absolute Gasteiger partial charge is 0.0587 e. The Kier molecular flexibility index (Phi) is 4.82. The number of hydrogen-bond donors (Lipinski definition) is 1. The summed E-state index contributed by atoms with van der Waals surface area (Å²) in [7, 11) is 0. The largest absolute Gasteiger partial charge is 0.306 e. The lowest BCUT2D eigenvalue weighted by atomic mass is 9.97. The van der Waals surface area contributed by atoms with E-state index in [9.17, 15) is 0 Å². The predicted molar refractivity (Wildman–Crippen MR) is 88.2 cm³/mol. The normalized spacial score (nSPS) is 12.7. The highest BCUT2D eigenvalue weighted by atomic mass is 79.9. The van der Waals surface area contributed by atoms with Crippen LogP contribution in [0.15, 0.2) is 28.7 Å². The van der Waals surface area contributed by atoms with Crippen LogP contribution in [0.5, 0.6) is 0 Å². The minimum Gasteiger partial charge on any atom is -0.306 e. The van der Waals surface area contributed by atoms with Crippen LogP contribution in [0, 0.1) is 20.8 Å². The van der Waals surface area contributed by atoms with Crippen molar-refractivity contribution in [2.75, 3.05) is 6.54 Å². The second-order valence-corrected chi connectivity index (χ2v) is 7.18. The zero-order chi connectivity index (χ0) is 14.0. The van der Waals surface area contributed by atoms with Gasteiger partial charge in [0.2, 0.25) is 0 Å². The standard InChI is InChI=1S/C16H20BrNS/c1-5-18-16(14-9-11(3)19-12(14)4)13-6-7-15(17)10(2)8-13/h6-9,16,18H,5H2,1-4H3. The van der Waals surface area contributed by atoms with E-state index >= 15 is 0 Å². The molecule has 0 aliphatic rings. The second kappa shape index (κ2) is 6.21. The van der Waals surface area contributed by atoms with Gasteiger partial charge in [-0.3, -0.25) is 0 Å². The van der Waals surface area contributed by atoms with Gasteiger partial charge in [-0.25, -0.2) is 0 Å². The molecule has 1 nitrogen and oxygen atoms in total. The van der Waals surface area contributed by atoms with Crippen molar-refractivity contribution in [3.63, 3.8) is 0 Å². The van der Waals surface area contributed by atoms with E-state index in [1.54, 1.807) is 0 Å². The molecule has 3 heteroatoms. The molecule has 1 unspecified atom stereocenters. The number of aryl methyl sites for hydroxylation is 3. The molecule has 2 rings (SSSR count). The van der Waals surface area contributed by atoms with E-state index in [1.165, 1.54) is 30.9 Å². The van der Waals surface area contributed by atoms with Gasteiger partial charge in [-0.05, 0) is 56.1 Å². The first-order valence-corrected chi connectivity index (χ1v) is 8.20. The fraction of sp³-hybridized carbons (Fsp3) is 0.375. The molecule has 1 atom stereocenters. The van der Waals surface area contributed by atoms with Gasteiger partial charge in [0.05, 0.1) is 6.04 Å². The summed E-state index contributed by atoms with van der Waals surface area (Å²) in [5.41, 5.74) is 4.03. The minimum absolute atomic E-state index is 0.293. The Labute approximate surface area is 128 Å². The molecule has 0 aliphatic heterocycles. The van der Waals surface area contributed by atoms with Gasteiger partial charge in [-0.1, -0.05) is 35.0 Å². The third-order valence-corrected chi connectivity index (χ3v) is 5.19. The van der Waals surface area contributed by atoms with Crippen LogP contribution in [0.2, 0.25) is 0 Å². The van der Waals surface area contributed by atoms with Crippen molar-refractivity contribution in [3.8, 4) is 0 Å². The molecule has 0 amide bonds. The molecule has 1 heterocycles. The second-order valence-electron chi connectivity index (χ2n) is 4.87. The van der Waals surface area contributed by atoms with Crippen LogP contribution in [-0.2, 0) is 0 Å². The maximum Gasteiger partial charge on any atom is 0.0587 e. The molecule has 19 heavy (non-hydrogen) atoms. The van der Waals surface area contributed by atoms with E-state index in [2.05, 4.69) is 73.2 Å². The molecule has 0 radical (unpaired) electrons. The summed E-state index contributed by atoms with van der Waals surface area (Å²) < 4.78 is 1.17. The van der Waals surface area contributed by atoms with Crippen LogP contribution in [-0.4, -0.2) is 6.54 Å².